The van der Waals surface area contributed by atoms with Crippen LogP contribution in [0.4, 0.5) is 10.1 Å². The number of aromatic nitrogens is 1. The van der Waals surface area contributed by atoms with Gasteiger partial charge in [0.2, 0.25) is 0 Å². The monoisotopic (exact) mass is 538 g/mol. The van der Waals surface area contributed by atoms with Crippen molar-refractivity contribution in [1.29, 1.82) is 0 Å². The Labute approximate surface area is 219 Å². The number of carbonyl (C=O) groups is 1. The topological polar surface area (TPSA) is 82.6 Å². The van der Waals surface area contributed by atoms with Crippen molar-refractivity contribution in [2.45, 2.75) is 11.4 Å². The highest BCUT2D eigenvalue weighted by molar-refractivity contribution is 7.93. The first-order valence-electron chi connectivity index (χ1n) is 11.7. The molecule has 7 nitrogen and oxygen atoms in total. The van der Waals surface area contributed by atoms with Crippen LogP contribution >= 0.6 is 11.6 Å². The number of nitrogens with one attached hydrogen (secondary N) is 1. The molecule has 1 N–H and O–H groups in total. The summed E-state index contributed by atoms with van der Waals surface area (Å²) >= 11 is 6.14. The second kappa shape index (κ2) is 10.5. The number of nitrogens with zero attached hydrogens (tertiary/aromatic N) is 3. The van der Waals surface area contributed by atoms with E-state index < -0.39 is 10.0 Å². The van der Waals surface area contributed by atoms with Gasteiger partial charge in [0, 0.05) is 66.1 Å². The lowest BCUT2D eigenvalue weighted by Gasteiger charge is -2.35. The van der Waals surface area contributed by atoms with Crippen LogP contribution in [-0.2, 0) is 16.6 Å². The number of sulfonamides is 1. The van der Waals surface area contributed by atoms with Crippen LogP contribution in [0, 0.1) is 5.82 Å². The molecule has 37 heavy (non-hydrogen) atoms. The molecule has 1 fully saturated rings. The number of para-hydroxylation sites is 1. The molecule has 0 radical (unpaired) electrons. The zero-order chi connectivity index (χ0) is 26.0. The number of carbonyl (C=O) groups excluding carboxylic acids is 1. The standard InChI is InChI=1S/C27H24ClFN4O3S/c28-23-6-2-7-24(29)22(23)18-32-14-16-33(17-15-32)27(34)20-9-11-21(12-10-20)31-37(35,36)25-8-1-4-19-5-3-13-30-26(19)25/h1-13,31H,14-18H2. The van der Waals surface area contributed by atoms with E-state index in [0.29, 0.717) is 60.1 Å². The fraction of sp³-hybridized carbons (Fsp3) is 0.185. The van der Waals surface area contributed by atoms with Crippen LogP contribution in [0.2, 0.25) is 5.02 Å². The molecule has 190 valence electrons. The van der Waals surface area contributed by atoms with Gasteiger partial charge in [-0.05, 0) is 48.5 Å². The molecule has 10 heteroatoms. The molecule has 5 rings (SSSR count). The lowest BCUT2D eigenvalue weighted by Crippen LogP contribution is -2.48. The summed E-state index contributed by atoms with van der Waals surface area (Å²) in [6, 6.07) is 19.5. The van der Waals surface area contributed by atoms with E-state index in [1.54, 1.807) is 71.8 Å². The molecule has 1 aliphatic heterocycles. The Hall–Kier alpha value is -3.53. The van der Waals surface area contributed by atoms with Gasteiger partial charge in [-0.3, -0.25) is 19.4 Å². The molecular formula is C27H24ClFN4O3S. The summed E-state index contributed by atoms with van der Waals surface area (Å²) < 4.78 is 42.7. The molecule has 2 heterocycles. The van der Waals surface area contributed by atoms with Crippen molar-refractivity contribution in [1.82, 2.24) is 14.8 Å². The molecule has 0 unspecified atom stereocenters. The summed E-state index contributed by atoms with van der Waals surface area (Å²) in [6.45, 7) is 2.55. The first-order valence-corrected chi connectivity index (χ1v) is 13.6. The molecule has 4 aromatic rings. The molecule has 3 aromatic carbocycles. The highest BCUT2D eigenvalue weighted by Gasteiger charge is 2.24. The van der Waals surface area contributed by atoms with E-state index in [1.165, 1.54) is 12.1 Å². The average Bonchev–Trinajstić information content (AvgIpc) is 2.91. The predicted octanol–water partition coefficient (Wildman–Crippen LogP) is 4.79. The van der Waals surface area contributed by atoms with Crippen molar-refractivity contribution in [2.75, 3.05) is 30.9 Å². The quantitative estimate of drug-likeness (QED) is 0.382. The summed E-state index contributed by atoms with van der Waals surface area (Å²) in [4.78, 5) is 21.1. The summed E-state index contributed by atoms with van der Waals surface area (Å²) in [6.07, 6.45) is 1.55. The Bertz CT molecular complexity index is 1530. The van der Waals surface area contributed by atoms with Crippen molar-refractivity contribution in [3.05, 3.63) is 101 Å². The molecule has 1 amide bonds. The minimum absolute atomic E-state index is 0.0836. The normalized spacial score (nSPS) is 14.6. The largest absolute Gasteiger partial charge is 0.336 e. The number of rotatable bonds is 6. The lowest BCUT2D eigenvalue weighted by molar-refractivity contribution is 0.0627. The third-order valence-electron chi connectivity index (χ3n) is 6.37. The number of hydrogen-bond donors (Lipinski definition) is 1. The number of halogens is 2. The number of fused-ring (bicyclic) bond motifs is 1. The Morgan fingerprint density at radius 1 is 0.946 bits per heavy atom. The van der Waals surface area contributed by atoms with Crippen molar-refractivity contribution >= 4 is 44.1 Å². The van der Waals surface area contributed by atoms with E-state index in [2.05, 4.69) is 14.6 Å². The molecule has 1 saturated heterocycles. The lowest BCUT2D eigenvalue weighted by atomic mass is 10.1. The van der Waals surface area contributed by atoms with Crippen LogP contribution in [0.25, 0.3) is 10.9 Å². The summed E-state index contributed by atoms with van der Waals surface area (Å²) in [5.74, 6) is -0.477. The number of amides is 1. The van der Waals surface area contributed by atoms with E-state index in [1.807, 2.05) is 0 Å². The van der Waals surface area contributed by atoms with Crippen molar-refractivity contribution < 1.29 is 17.6 Å². The fourth-order valence-corrected chi connectivity index (χ4v) is 5.84. The van der Waals surface area contributed by atoms with Crippen LogP contribution < -0.4 is 4.72 Å². The number of pyridine rings is 1. The van der Waals surface area contributed by atoms with Crippen LogP contribution in [0.15, 0.2) is 83.9 Å². The van der Waals surface area contributed by atoms with E-state index in [0.717, 1.165) is 5.39 Å². The van der Waals surface area contributed by atoms with Crippen LogP contribution in [-0.4, -0.2) is 55.3 Å². The van der Waals surface area contributed by atoms with Gasteiger partial charge in [0.15, 0.2) is 0 Å². The van der Waals surface area contributed by atoms with Crippen molar-refractivity contribution in [3.63, 3.8) is 0 Å². The number of benzene rings is 3. The van der Waals surface area contributed by atoms with Gasteiger partial charge in [0.25, 0.3) is 15.9 Å². The summed E-state index contributed by atoms with van der Waals surface area (Å²) in [7, 11) is -3.88. The van der Waals surface area contributed by atoms with Crippen molar-refractivity contribution in [3.8, 4) is 0 Å². The van der Waals surface area contributed by atoms with Gasteiger partial charge in [-0.2, -0.15) is 0 Å². The van der Waals surface area contributed by atoms with E-state index >= 15 is 0 Å². The maximum Gasteiger partial charge on any atom is 0.264 e. The summed E-state index contributed by atoms with van der Waals surface area (Å²) in [5, 5.41) is 1.12. The predicted molar refractivity (Wildman–Crippen MR) is 142 cm³/mol. The minimum atomic E-state index is -3.88. The Kier molecular flexibility index (Phi) is 7.10. The molecule has 0 aliphatic carbocycles. The van der Waals surface area contributed by atoms with E-state index in [9.17, 15) is 17.6 Å². The second-order valence-corrected chi connectivity index (χ2v) is 10.8. The van der Waals surface area contributed by atoms with Crippen LogP contribution in [0.3, 0.4) is 0 Å². The van der Waals surface area contributed by atoms with E-state index in [-0.39, 0.29) is 16.6 Å². The molecule has 1 aliphatic rings. The Balaban J connectivity index is 1.22. The number of anilines is 1. The molecule has 0 spiro atoms. The van der Waals surface area contributed by atoms with Gasteiger partial charge in [-0.15, -0.1) is 0 Å². The van der Waals surface area contributed by atoms with Crippen LogP contribution in [0.1, 0.15) is 15.9 Å². The average molecular weight is 539 g/mol. The highest BCUT2D eigenvalue weighted by atomic mass is 35.5. The maximum absolute atomic E-state index is 14.1. The Morgan fingerprint density at radius 3 is 2.38 bits per heavy atom. The first-order chi connectivity index (χ1) is 17.8. The van der Waals surface area contributed by atoms with Gasteiger partial charge in [-0.25, -0.2) is 12.8 Å². The SMILES string of the molecule is O=C(c1ccc(NS(=O)(=O)c2cccc3cccnc23)cc1)N1CCN(Cc2c(F)cccc2Cl)CC1. The number of piperazine rings is 1. The minimum Gasteiger partial charge on any atom is -0.336 e. The highest BCUT2D eigenvalue weighted by Crippen LogP contribution is 2.24. The van der Waals surface area contributed by atoms with Gasteiger partial charge in [0.1, 0.15) is 10.7 Å². The zero-order valence-corrected chi connectivity index (χ0v) is 21.3. The molecule has 0 saturated carbocycles. The smallest absolute Gasteiger partial charge is 0.264 e. The molecule has 0 atom stereocenters. The fourth-order valence-electron chi connectivity index (χ4n) is 4.38. The molecular weight excluding hydrogens is 515 g/mol. The Morgan fingerprint density at radius 2 is 1.65 bits per heavy atom. The van der Waals surface area contributed by atoms with Crippen LogP contribution in [0.5, 0.6) is 0 Å². The second-order valence-electron chi connectivity index (χ2n) is 8.78. The van der Waals surface area contributed by atoms with Gasteiger partial charge in [0.05, 0.1) is 5.52 Å². The van der Waals surface area contributed by atoms with Crippen molar-refractivity contribution in [2.24, 2.45) is 0 Å². The van der Waals surface area contributed by atoms with E-state index in [4.69, 9.17) is 11.6 Å². The summed E-state index contributed by atoms with van der Waals surface area (Å²) in [5.41, 5.74) is 1.65. The third kappa shape index (κ3) is 5.44. The third-order valence-corrected chi connectivity index (χ3v) is 8.14. The molecule has 1 aromatic heterocycles. The van der Waals surface area contributed by atoms with Gasteiger partial charge < -0.3 is 4.90 Å². The van der Waals surface area contributed by atoms with Gasteiger partial charge in [-0.1, -0.05) is 35.9 Å². The molecule has 0 bridgehead atoms. The van der Waals surface area contributed by atoms with Gasteiger partial charge >= 0.3 is 0 Å². The maximum atomic E-state index is 14.1. The number of hydrogen-bond acceptors (Lipinski definition) is 5. The first kappa shape index (κ1) is 25.1. The zero-order valence-electron chi connectivity index (χ0n) is 19.8.